The van der Waals surface area contributed by atoms with E-state index >= 15 is 0 Å². The van der Waals surface area contributed by atoms with E-state index in [1.165, 1.54) is 11.1 Å². The molecule has 6 nitrogen and oxygen atoms in total. The maximum atomic E-state index is 13.7. The average molecular weight is 394 g/mol. The summed E-state index contributed by atoms with van der Waals surface area (Å²) in [4.78, 5) is 16.0. The van der Waals surface area contributed by atoms with Crippen LogP contribution in [0, 0.1) is 0 Å². The summed E-state index contributed by atoms with van der Waals surface area (Å²) in [6, 6.07) is 6.69. The molecule has 2 aromatic rings. The first kappa shape index (κ1) is 18.8. The first-order valence-electron chi connectivity index (χ1n) is 9.41. The van der Waals surface area contributed by atoms with Crippen molar-refractivity contribution in [3.8, 4) is 0 Å². The van der Waals surface area contributed by atoms with Crippen LogP contribution < -0.4 is 10.2 Å². The summed E-state index contributed by atoms with van der Waals surface area (Å²) in [5, 5.41) is 7.09. The third kappa shape index (κ3) is 3.46. The summed E-state index contributed by atoms with van der Waals surface area (Å²) in [5.74, 6) is -0.116. The van der Waals surface area contributed by atoms with Crippen LogP contribution in [0.3, 0.4) is 0 Å². The van der Waals surface area contributed by atoms with E-state index in [-0.39, 0.29) is 23.7 Å². The number of hydrogen-bond donors (Lipinski definition) is 2. The van der Waals surface area contributed by atoms with Crippen molar-refractivity contribution in [2.24, 2.45) is 0 Å². The van der Waals surface area contributed by atoms with Crippen molar-refractivity contribution < 1.29 is 22.9 Å². The molecule has 1 saturated heterocycles. The Morgan fingerprint density at radius 2 is 1.89 bits per heavy atom. The summed E-state index contributed by atoms with van der Waals surface area (Å²) in [6.07, 6.45) is -3.36. The van der Waals surface area contributed by atoms with Crippen molar-refractivity contribution in [1.82, 2.24) is 14.7 Å². The highest BCUT2D eigenvalue weighted by atomic mass is 19.4. The number of aromatic nitrogens is 2. The third-order valence-corrected chi connectivity index (χ3v) is 5.57. The van der Waals surface area contributed by atoms with Gasteiger partial charge < -0.3 is 15.1 Å². The number of anilines is 1. The summed E-state index contributed by atoms with van der Waals surface area (Å²) in [7, 11) is 2.06. The van der Waals surface area contributed by atoms with Crippen molar-refractivity contribution in [1.29, 1.82) is 0 Å². The Morgan fingerprint density at radius 1 is 1.21 bits per heavy atom. The van der Waals surface area contributed by atoms with Crippen LogP contribution in [0.25, 0.3) is 0 Å². The summed E-state index contributed by atoms with van der Waals surface area (Å²) in [5.41, 5.74) is 0.959. The normalized spacial score (nSPS) is 23.2. The molecule has 0 unspecified atom stereocenters. The van der Waals surface area contributed by atoms with Gasteiger partial charge in [0.25, 0.3) is 5.91 Å². The van der Waals surface area contributed by atoms with Gasteiger partial charge in [-0.15, -0.1) is 0 Å². The van der Waals surface area contributed by atoms with Gasteiger partial charge in [-0.2, -0.15) is 18.3 Å². The first-order chi connectivity index (χ1) is 13.3. The number of amides is 1. The summed E-state index contributed by atoms with van der Waals surface area (Å²) in [6.45, 7) is 2.81. The van der Waals surface area contributed by atoms with Crippen molar-refractivity contribution in [2.75, 3.05) is 38.5 Å². The molecule has 28 heavy (non-hydrogen) atoms. The van der Waals surface area contributed by atoms with E-state index in [1.807, 2.05) is 6.07 Å². The van der Waals surface area contributed by atoms with Crippen molar-refractivity contribution in [3.05, 3.63) is 47.7 Å². The van der Waals surface area contributed by atoms with Gasteiger partial charge in [0, 0.05) is 6.42 Å². The van der Waals surface area contributed by atoms with Crippen LogP contribution in [0.4, 0.5) is 19.0 Å². The average Bonchev–Trinajstić information content (AvgIpc) is 3.11. The molecule has 9 heteroatoms. The molecular weight excluding hydrogens is 371 g/mol. The van der Waals surface area contributed by atoms with Gasteiger partial charge in [-0.05, 0) is 5.56 Å². The topological polar surface area (TPSA) is 54.6 Å². The van der Waals surface area contributed by atoms with Crippen molar-refractivity contribution in [2.45, 2.75) is 24.7 Å². The molecule has 2 aliphatic rings. The lowest BCUT2D eigenvalue weighted by Gasteiger charge is -2.34. The number of alkyl halides is 3. The van der Waals surface area contributed by atoms with Crippen LogP contribution in [0.2, 0.25) is 0 Å². The molecule has 1 aromatic heterocycles. The maximum Gasteiger partial charge on any atom is 0.410 e. The number of fused-ring (bicyclic) bond motifs is 1. The maximum absolute atomic E-state index is 13.7. The van der Waals surface area contributed by atoms with Crippen LogP contribution in [0.1, 0.15) is 34.4 Å². The van der Waals surface area contributed by atoms with E-state index in [9.17, 15) is 18.0 Å². The molecule has 0 radical (unpaired) electrons. The predicted octanol–water partition coefficient (Wildman–Crippen LogP) is 1.51. The molecule has 4 rings (SSSR count). The molecule has 0 saturated carbocycles. The van der Waals surface area contributed by atoms with Crippen LogP contribution in [-0.4, -0.2) is 60.0 Å². The Hall–Kier alpha value is -2.55. The minimum atomic E-state index is -4.45. The number of benzene rings is 1. The van der Waals surface area contributed by atoms with E-state index in [0.29, 0.717) is 13.1 Å². The molecule has 2 atom stereocenters. The minimum Gasteiger partial charge on any atom is -0.363 e. The number of likely N-dealkylation sites (N-methyl/N-ethyl adjacent to an activating group) is 1. The fourth-order valence-corrected chi connectivity index (χ4v) is 3.88. The Bertz CT molecular complexity index is 843. The highest BCUT2D eigenvalue weighted by Crippen LogP contribution is 2.44. The highest BCUT2D eigenvalue weighted by molar-refractivity contribution is 5.99. The Labute approximate surface area is 160 Å². The van der Waals surface area contributed by atoms with Gasteiger partial charge in [-0.1, -0.05) is 30.3 Å². The molecule has 2 aliphatic heterocycles. The fourth-order valence-electron chi connectivity index (χ4n) is 3.88. The molecule has 0 aliphatic carbocycles. The zero-order valence-electron chi connectivity index (χ0n) is 15.5. The van der Waals surface area contributed by atoms with Crippen molar-refractivity contribution >= 4 is 11.7 Å². The van der Waals surface area contributed by atoms with E-state index in [0.717, 1.165) is 23.3 Å². The zero-order valence-corrected chi connectivity index (χ0v) is 15.5. The Morgan fingerprint density at radius 3 is 2.54 bits per heavy atom. The number of nitrogens with zero attached hydrogens (tertiary/aromatic N) is 3. The molecule has 2 N–H and O–H groups in total. The van der Waals surface area contributed by atoms with Gasteiger partial charge in [0.2, 0.25) is 0 Å². The van der Waals surface area contributed by atoms with Gasteiger partial charge in [0.1, 0.15) is 11.4 Å². The number of rotatable bonds is 2. The van der Waals surface area contributed by atoms with E-state index in [1.54, 1.807) is 29.2 Å². The summed E-state index contributed by atoms with van der Waals surface area (Å²) >= 11 is 0. The smallest absolute Gasteiger partial charge is 0.363 e. The molecule has 150 valence electrons. The SMILES string of the molecule is C[NH+]1CCN(C(=O)c2cnn3c2N[C@H](c2ccccc2)C[C@H]3C(F)(F)F)CC1. The number of piperazine rings is 1. The van der Waals surface area contributed by atoms with Gasteiger partial charge in [0.05, 0.1) is 45.5 Å². The molecule has 1 fully saturated rings. The Kier molecular flexibility index (Phi) is 4.78. The molecule has 0 bridgehead atoms. The van der Waals surface area contributed by atoms with Crippen LogP contribution in [0.15, 0.2) is 36.5 Å². The van der Waals surface area contributed by atoms with E-state index < -0.39 is 18.3 Å². The standard InChI is InChI=1S/C19H22F3N5O/c1-25-7-9-26(10-8-25)18(28)14-12-23-27-16(19(20,21)22)11-15(24-17(14)27)13-5-3-2-4-6-13/h2-6,12,15-16,24H,7-11H2,1H3/p+1/t15-,16-/m0/s1. The summed E-state index contributed by atoms with van der Waals surface area (Å²) < 4.78 is 42.1. The quantitative estimate of drug-likeness (QED) is 0.812. The predicted molar refractivity (Wildman–Crippen MR) is 97.3 cm³/mol. The van der Waals surface area contributed by atoms with E-state index in [4.69, 9.17) is 0 Å². The zero-order chi connectivity index (χ0) is 19.9. The molecular formula is C19H23F3N5O+. The number of nitrogens with one attached hydrogen (secondary N) is 2. The third-order valence-electron chi connectivity index (χ3n) is 5.57. The van der Waals surface area contributed by atoms with Gasteiger partial charge in [-0.3, -0.25) is 4.79 Å². The van der Waals surface area contributed by atoms with Crippen molar-refractivity contribution in [3.63, 3.8) is 0 Å². The number of quaternary nitrogens is 1. The second-order valence-electron chi connectivity index (χ2n) is 7.50. The fraction of sp³-hybridized carbons (Fsp3) is 0.474. The van der Waals surface area contributed by atoms with Crippen LogP contribution in [0.5, 0.6) is 0 Å². The molecule has 1 amide bonds. The lowest BCUT2D eigenvalue weighted by atomic mass is 9.96. The second-order valence-corrected chi connectivity index (χ2v) is 7.50. The van der Waals surface area contributed by atoms with Gasteiger partial charge in [0.15, 0.2) is 6.04 Å². The number of hydrogen-bond acceptors (Lipinski definition) is 3. The van der Waals surface area contributed by atoms with E-state index in [2.05, 4.69) is 17.5 Å². The monoisotopic (exact) mass is 394 g/mol. The Balaban J connectivity index is 1.68. The second kappa shape index (κ2) is 7.12. The minimum absolute atomic E-state index is 0.152. The first-order valence-corrected chi connectivity index (χ1v) is 9.41. The van der Waals surface area contributed by atoms with Gasteiger partial charge >= 0.3 is 6.18 Å². The lowest BCUT2D eigenvalue weighted by molar-refractivity contribution is -0.883. The lowest BCUT2D eigenvalue weighted by Crippen LogP contribution is -3.12. The molecule has 1 aromatic carbocycles. The molecule has 0 spiro atoms. The van der Waals surface area contributed by atoms with Gasteiger partial charge in [-0.25, -0.2) is 4.68 Å². The van der Waals surface area contributed by atoms with Crippen LogP contribution >= 0.6 is 0 Å². The van der Waals surface area contributed by atoms with Crippen LogP contribution in [-0.2, 0) is 0 Å². The highest BCUT2D eigenvalue weighted by Gasteiger charge is 2.47. The number of carbonyl (C=O) groups excluding carboxylic acids is 1. The largest absolute Gasteiger partial charge is 0.410 e. The number of carbonyl (C=O) groups is 1. The number of halogens is 3. The molecule has 3 heterocycles.